The normalized spacial score (nSPS) is 5.00. The van der Waals surface area contributed by atoms with Crippen LogP contribution in [-0.2, 0) is 9.59 Å². The molecule has 0 saturated heterocycles. The van der Waals surface area contributed by atoms with Gasteiger partial charge in [0.25, 0.3) is 0 Å². The summed E-state index contributed by atoms with van der Waals surface area (Å²) >= 11 is 0. The van der Waals surface area contributed by atoms with E-state index >= 15 is 0 Å². The van der Waals surface area contributed by atoms with Crippen molar-refractivity contribution in [2.24, 2.45) is 0 Å². The van der Waals surface area contributed by atoms with Crippen molar-refractivity contribution in [3.05, 3.63) is 0 Å². The van der Waals surface area contributed by atoms with E-state index in [1.807, 2.05) is 0 Å². The zero-order valence-electron chi connectivity index (χ0n) is 6.63. The molecule has 0 aromatic carbocycles. The first kappa shape index (κ1) is 22.4. The largest absolute Gasteiger partial charge is 1.00 e. The minimum atomic E-state index is -1.08. The second kappa shape index (κ2) is 16.3. The fourth-order valence-electron chi connectivity index (χ4n) is 0. The molecule has 0 aliphatic carbocycles. The van der Waals surface area contributed by atoms with Crippen LogP contribution in [0.4, 0.5) is 0 Å². The molecule has 10 heavy (non-hydrogen) atoms. The second-order valence-corrected chi connectivity index (χ2v) is 0.983. The van der Waals surface area contributed by atoms with Crippen molar-refractivity contribution in [3.63, 3.8) is 0 Å². The van der Waals surface area contributed by atoms with E-state index in [9.17, 15) is 0 Å². The molecule has 0 atom stereocenters. The maximum Gasteiger partial charge on any atom is 1.00 e. The summed E-state index contributed by atoms with van der Waals surface area (Å²) in [6.07, 6.45) is 0. The molecule has 0 bridgehead atoms. The first-order chi connectivity index (χ1) is 3.46. The van der Waals surface area contributed by atoms with Crippen LogP contribution in [0.2, 0.25) is 0 Å². The summed E-state index contributed by atoms with van der Waals surface area (Å²) < 4.78 is 0. The van der Waals surface area contributed by atoms with Crippen molar-refractivity contribution in [1.29, 1.82) is 0 Å². The van der Waals surface area contributed by atoms with Crippen LogP contribution < -0.4 is 58.6 Å². The summed E-state index contributed by atoms with van der Waals surface area (Å²) in [5, 5.41) is 17.8. The standard InChI is InChI=1S/2C2H4O2.Li.Na/c2*1-2(3)4;;/h2*1H3,(H,3,4);;/q;;2*+1/p-2. The first-order valence-corrected chi connectivity index (χ1v) is 1.82. The minimum Gasteiger partial charge on any atom is -0.550 e. The number of carboxylic acids is 2. The molecule has 0 unspecified atom stereocenters. The Hall–Kier alpha value is 0.537. The number of rotatable bonds is 0. The molecule has 0 aromatic heterocycles. The van der Waals surface area contributed by atoms with E-state index in [0.29, 0.717) is 0 Å². The summed E-state index contributed by atoms with van der Waals surface area (Å²) in [5.41, 5.74) is 0. The maximum atomic E-state index is 8.89. The predicted molar refractivity (Wildman–Crippen MR) is 21.4 cm³/mol. The van der Waals surface area contributed by atoms with Gasteiger partial charge in [0.2, 0.25) is 0 Å². The fourth-order valence-corrected chi connectivity index (χ4v) is 0. The Morgan fingerprint density at radius 1 is 1.00 bits per heavy atom. The Kier molecular flexibility index (Phi) is 36.5. The summed E-state index contributed by atoms with van der Waals surface area (Å²) in [7, 11) is 0. The third kappa shape index (κ3) is 1680. The van der Waals surface area contributed by atoms with Gasteiger partial charge in [-0.1, -0.05) is 0 Å². The smallest absolute Gasteiger partial charge is 0.550 e. The van der Waals surface area contributed by atoms with Gasteiger partial charge in [-0.2, -0.15) is 0 Å². The van der Waals surface area contributed by atoms with Gasteiger partial charge in [-0.3, -0.25) is 0 Å². The molecule has 0 N–H and O–H groups in total. The van der Waals surface area contributed by atoms with Crippen LogP contribution in [0.3, 0.4) is 0 Å². The molecule has 0 heterocycles. The van der Waals surface area contributed by atoms with Crippen molar-refractivity contribution < 1.29 is 68.2 Å². The van der Waals surface area contributed by atoms with Gasteiger partial charge in [0.15, 0.2) is 0 Å². The molecule has 0 aliphatic rings. The van der Waals surface area contributed by atoms with Crippen LogP contribution in [-0.4, -0.2) is 11.9 Å². The zero-order valence-corrected chi connectivity index (χ0v) is 8.63. The van der Waals surface area contributed by atoms with Crippen LogP contribution in [0.5, 0.6) is 0 Å². The molecular formula is C4H6LiNaO4. The van der Waals surface area contributed by atoms with Crippen molar-refractivity contribution in [1.82, 2.24) is 0 Å². The van der Waals surface area contributed by atoms with Crippen molar-refractivity contribution >= 4 is 11.9 Å². The molecule has 6 heteroatoms. The van der Waals surface area contributed by atoms with Crippen LogP contribution >= 0.6 is 0 Å². The number of carbonyl (C=O) groups is 2. The van der Waals surface area contributed by atoms with Crippen molar-refractivity contribution in [2.75, 3.05) is 0 Å². The van der Waals surface area contributed by atoms with Crippen LogP contribution in [0.1, 0.15) is 13.8 Å². The van der Waals surface area contributed by atoms with E-state index in [4.69, 9.17) is 19.8 Å². The molecule has 0 fully saturated rings. The topological polar surface area (TPSA) is 80.3 Å². The summed E-state index contributed by atoms with van der Waals surface area (Å²) in [6, 6.07) is 0. The number of hydrogen-bond acceptors (Lipinski definition) is 4. The molecular weight excluding hydrogens is 142 g/mol. The quantitative estimate of drug-likeness (QED) is 0.319. The number of carbonyl (C=O) groups excluding carboxylic acids is 2. The van der Waals surface area contributed by atoms with Gasteiger partial charge in [0, 0.05) is 11.9 Å². The van der Waals surface area contributed by atoms with Gasteiger partial charge in [0.1, 0.15) is 0 Å². The second-order valence-electron chi connectivity index (χ2n) is 0.983. The third-order valence-corrected chi connectivity index (χ3v) is 0. The Morgan fingerprint density at radius 2 is 1.00 bits per heavy atom. The average molecular weight is 148 g/mol. The molecule has 48 valence electrons. The number of hydrogen-bond donors (Lipinski definition) is 0. The molecule has 0 rings (SSSR count). The van der Waals surface area contributed by atoms with Crippen LogP contribution in [0.25, 0.3) is 0 Å². The summed E-state index contributed by atoms with van der Waals surface area (Å²) in [4.78, 5) is 17.8. The van der Waals surface area contributed by atoms with Crippen LogP contribution in [0.15, 0.2) is 0 Å². The van der Waals surface area contributed by atoms with Gasteiger partial charge >= 0.3 is 48.4 Å². The Bertz CT molecular complexity index is 75.3. The van der Waals surface area contributed by atoms with Crippen molar-refractivity contribution in [3.8, 4) is 0 Å². The van der Waals surface area contributed by atoms with E-state index in [1.54, 1.807) is 0 Å². The molecule has 4 nitrogen and oxygen atoms in total. The van der Waals surface area contributed by atoms with Gasteiger partial charge in [-0.25, -0.2) is 0 Å². The van der Waals surface area contributed by atoms with E-state index < -0.39 is 11.9 Å². The first-order valence-electron chi connectivity index (χ1n) is 1.82. The number of aliphatic carboxylic acids is 2. The van der Waals surface area contributed by atoms with Gasteiger partial charge < -0.3 is 19.8 Å². The molecule has 0 aliphatic heterocycles. The average Bonchev–Trinajstić information content (AvgIpc) is 1.25. The summed E-state index contributed by atoms with van der Waals surface area (Å²) in [5.74, 6) is -2.17. The van der Waals surface area contributed by atoms with Gasteiger partial charge in [-0.15, -0.1) is 0 Å². The number of carboxylic acid groups (broad SMARTS) is 2. The molecule has 0 radical (unpaired) electrons. The monoisotopic (exact) mass is 148 g/mol. The predicted octanol–water partition coefficient (Wildman–Crippen LogP) is -8.48. The van der Waals surface area contributed by atoms with E-state index in [2.05, 4.69) is 0 Å². The van der Waals surface area contributed by atoms with Gasteiger partial charge in [-0.05, 0) is 13.8 Å². The maximum absolute atomic E-state index is 8.89. The third-order valence-electron chi connectivity index (χ3n) is 0. The van der Waals surface area contributed by atoms with Crippen molar-refractivity contribution in [2.45, 2.75) is 13.8 Å². The van der Waals surface area contributed by atoms with Crippen LogP contribution in [0, 0.1) is 0 Å². The Morgan fingerprint density at radius 3 is 1.00 bits per heavy atom. The SMILES string of the molecule is CC(=O)[O-].CC(=O)[O-].[Li+].[Na+]. The van der Waals surface area contributed by atoms with E-state index in [0.717, 1.165) is 13.8 Å². The Balaban J connectivity index is -0.0000000300. The molecule has 0 saturated carbocycles. The Labute approximate surface area is 93.5 Å². The van der Waals surface area contributed by atoms with E-state index in [1.165, 1.54) is 0 Å². The molecule has 0 amide bonds. The fraction of sp³-hybridized carbons (Fsp3) is 0.500. The van der Waals surface area contributed by atoms with E-state index in [-0.39, 0.29) is 48.4 Å². The minimum absolute atomic E-state index is 0. The molecule has 0 aromatic rings. The zero-order chi connectivity index (χ0) is 7.15. The summed E-state index contributed by atoms with van der Waals surface area (Å²) in [6.45, 7) is 1.94. The molecule has 0 spiro atoms. The van der Waals surface area contributed by atoms with Gasteiger partial charge in [0.05, 0.1) is 0 Å².